The minimum absolute atomic E-state index is 0.00676. The fourth-order valence-corrected chi connectivity index (χ4v) is 3.09. The molecule has 3 rings (SSSR count). The summed E-state index contributed by atoms with van der Waals surface area (Å²) >= 11 is 0. The van der Waals surface area contributed by atoms with Crippen molar-refractivity contribution < 1.29 is 18.8 Å². The van der Waals surface area contributed by atoms with E-state index >= 15 is 0 Å². The fraction of sp³-hybridized carbons (Fsp3) is 0.474. The van der Waals surface area contributed by atoms with E-state index in [1.54, 1.807) is 18.9 Å². The van der Waals surface area contributed by atoms with E-state index in [4.69, 9.17) is 9.26 Å². The summed E-state index contributed by atoms with van der Waals surface area (Å²) in [7, 11) is 1.62. The number of likely N-dealkylation sites (tertiary alicyclic amines) is 1. The molecule has 1 aliphatic heterocycles. The summed E-state index contributed by atoms with van der Waals surface area (Å²) in [6.45, 7) is 3.23. The summed E-state index contributed by atoms with van der Waals surface area (Å²) in [5.74, 6) is 1.58. The van der Waals surface area contributed by atoms with E-state index in [9.17, 15) is 9.59 Å². The molecule has 1 aromatic carbocycles. The number of methoxy groups -OCH3 is 1. The van der Waals surface area contributed by atoms with Gasteiger partial charge in [-0.05, 0) is 31.0 Å². The smallest absolute Gasteiger partial charge is 0.226 e. The Balaban J connectivity index is 1.42. The van der Waals surface area contributed by atoms with Gasteiger partial charge in [0.1, 0.15) is 5.75 Å². The molecule has 1 aliphatic rings. The van der Waals surface area contributed by atoms with Crippen LogP contribution < -0.4 is 10.1 Å². The highest BCUT2D eigenvalue weighted by Crippen LogP contribution is 2.21. The molecule has 8 nitrogen and oxygen atoms in total. The van der Waals surface area contributed by atoms with E-state index in [1.165, 1.54) is 0 Å². The van der Waals surface area contributed by atoms with E-state index in [-0.39, 0.29) is 24.2 Å². The summed E-state index contributed by atoms with van der Waals surface area (Å²) < 4.78 is 10.2. The molecule has 1 fully saturated rings. The molecular formula is C19H24N4O4. The molecule has 1 unspecified atom stereocenters. The highest BCUT2D eigenvalue weighted by molar-refractivity contribution is 5.89. The molecule has 1 saturated heterocycles. The number of rotatable bonds is 8. The zero-order chi connectivity index (χ0) is 19.2. The van der Waals surface area contributed by atoms with Crippen molar-refractivity contribution in [1.29, 1.82) is 0 Å². The molecule has 8 heteroatoms. The van der Waals surface area contributed by atoms with Crippen molar-refractivity contribution in [3.05, 3.63) is 41.5 Å². The summed E-state index contributed by atoms with van der Waals surface area (Å²) in [6, 6.07) is 7.59. The molecule has 0 bridgehead atoms. The van der Waals surface area contributed by atoms with Crippen LogP contribution in [0.2, 0.25) is 0 Å². The van der Waals surface area contributed by atoms with Crippen molar-refractivity contribution in [3.63, 3.8) is 0 Å². The molecule has 1 atom stereocenters. The predicted molar refractivity (Wildman–Crippen MR) is 96.9 cm³/mol. The standard InChI is InChI=1S/C19H24N4O4/c1-13-21-17(27-22-13)4-3-9-20-19(25)15-10-18(24)23(12-15)11-14-5-7-16(26-2)8-6-14/h5-8,15H,3-4,9-12H2,1-2H3,(H,20,25). The van der Waals surface area contributed by atoms with Crippen molar-refractivity contribution in [2.75, 3.05) is 20.2 Å². The molecule has 0 spiro atoms. The maximum Gasteiger partial charge on any atom is 0.226 e. The van der Waals surface area contributed by atoms with Crippen LogP contribution in [-0.4, -0.2) is 47.1 Å². The van der Waals surface area contributed by atoms with Gasteiger partial charge in [0.05, 0.1) is 13.0 Å². The van der Waals surface area contributed by atoms with Gasteiger partial charge in [-0.1, -0.05) is 17.3 Å². The maximum absolute atomic E-state index is 12.3. The Hall–Kier alpha value is -2.90. The number of ether oxygens (including phenoxy) is 1. The van der Waals surface area contributed by atoms with E-state index in [0.29, 0.717) is 44.2 Å². The molecule has 0 aliphatic carbocycles. The molecule has 2 aromatic rings. The van der Waals surface area contributed by atoms with Gasteiger partial charge < -0.3 is 19.5 Å². The van der Waals surface area contributed by atoms with Gasteiger partial charge in [-0.25, -0.2) is 0 Å². The van der Waals surface area contributed by atoms with Gasteiger partial charge in [0.2, 0.25) is 17.7 Å². The minimum atomic E-state index is -0.304. The van der Waals surface area contributed by atoms with Gasteiger partial charge in [0.25, 0.3) is 0 Å². The number of aromatic nitrogens is 2. The molecule has 2 heterocycles. The first kappa shape index (κ1) is 18.9. The van der Waals surface area contributed by atoms with Crippen molar-refractivity contribution in [2.45, 2.75) is 32.7 Å². The van der Waals surface area contributed by atoms with Crippen LogP contribution in [0, 0.1) is 12.8 Å². The van der Waals surface area contributed by atoms with Crippen molar-refractivity contribution >= 4 is 11.8 Å². The largest absolute Gasteiger partial charge is 0.497 e. The number of carbonyl (C=O) groups excluding carboxylic acids is 2. The number of benzene rings is 1. The van der Waals surface area contributed by atoms with Crippen LogP contribution in [0.25, 0.3) is 0 Å². The number of amides is 2. The van der Waals surface area contributed by atoms with Gasteiger partial charge in [0.15, 0.2) is 5.82 Å². The maximum atomic E-state index is 12.3. The SMILES string of the molecule is COc1ccc(CN2CC(C(=O)NCCCc3nc(C)no3)CC2=O)cc1. The first-order chi connectivity index (χ1) is 13.0. The number of hydrogen-bond acceptors (Lipinski definition) is 6. The minimum Gasteiger partial charge on any atom is -0.497 e. The number of nitrogens with zero attached hydrogens (tertiary/aromatic N) is 3. The van der Waals surface area contributed by atoms with Crippen molar-refractivity contribution in [2.24, 2.45) is 5.92 Å². The lowest BCUT2D eigenvalue weighted by Gasteiger charge is -2.17. The molecule has 27 heavy (non-hydrogen) atoms. The average Bonchev–Trinajstić information content (AvgIpc) is 3.25. The van der Waals surface area contributed by atoms with Gasteiger partial charge >= 0.3 is 0 Å². The van der Waals surface area contributed by atoms with Crippen LogP contribution in [0.1, 0.15) is 30.1 Å². The second-order valence-electron chi connectivity index (χ2n) is 6.65. The zero-order valence-electron chi connectivity index (χ0n) is 15.6. The molecule has 1 aromatic heterocycles. The quantitative estimate of drug-likeness (QED) is 0.705. The summed E-state index contributed by atoms with van der Waals surface area (Å²) in [5.41, 5.74) is 1.01. The normalized spacial score (nSPS) is 16.6. The molecule has 0 radical (unpaired) electrons. The molecule has 1 N–H and O–H groups in total. The first-order valence-corrected chi connectivity index (χ1v) is 9.02. The summed E-state index contributed by atoms with van der Waals surface area (Å²) in [6.07, 6.45) is 1.59. The third-order valence-corrected chi connectivity index (χ3v) is 4.55. The molecule has 144 valence electrons. The third-order valence-electron chi connectivity index (χ3n) is 4.55. The van der Waals surface area contributed by atoms with Crippen molar-refractivity contribution in [1.82, 2.24) is 20.4 Å². The van der Waals surface area contributed by atoms with Crippen LogP contribution in [0.5, 0.6) is 5.75 Å². The summed E-state index contributed by atoms with van der Waals surface area (Å²) in [5, 5.41) is 6.63. The topological polar surface area (TPSA) is 97.6 Å². The lowest BCUT2D eigenvalue weighted by Crippen LogP contribution is -2.33. The number of hydrogen-bond donors (Lipinski definition) is 1. The highest BCUT2D eigenvalue weighted by atomic mass is 16.5. The zero-order valence-corrected chi connectivity index (χ0v) is 15.6. The van der Waals surface area contributed by atoms with Gasteiger partial charge in [0, 0.05) is 32.5 Å². The first-order valence-electron chi connectivity index (χ1n) is 9.02. The van der Waals surface area contributed by atoms with Crippen LogP contribution >= 0.6 is 0 Å². The Bertz CT molecular complexity index is 787. The van der Waals surface area contributed by atoms with E-state index < -0.39 is 0 Å². The molecule has 0 saturated carbocycles. The number of nitrogens with one attached hydrogen (secondary N) is 1. The van der Waals surface area contributed by atoms with E-state index in [1.807, 2.05) is 24.3 Å². The molecular weight excluding hydrogens is 348 g/mol. The lowest BCUT2D eigenvalue weighted by atomic mass is 10.1. The third kappa shape index (κ3) is 5.06. The van der Waals surface area contributed by atoms with Crippen LogP contribution in [0.3, 0.4) is 0 Å². The number of carbonyl (C=O) groups is 2. The lowest BCUT2D eigenvalue weighted by molar-refractivity contribution is -0.129. The van der Waals surface area contributed by atoms with Gasteiger partial charge in [-0.2, -0.15) is 4.98 Å². The second-order valence-corrected chi connectivity index (χ2v) is 6.65. The van der Waals surface area contributed by atoms with Crippen LogP contribution in [-0.2, 0) is 22.6 Å². The van der Waals surface area contributed by atoms with E-state index in [2.05, 4.69) is 15.5 Å². The average molecular weight is 372 g/mol. The molecule has 2 amide bonds. The Morgan fingerprint density at radius 3 is 2.81 bits per heavy atom. The Morgan fingerprint density at radius 1 is 1.37 bits per heavy atom. The predicted octanol–water partition coefficient (Wildman–Crippen LogP) is 1.48. The van der Waals surface area contributed by atoms with Gasteiger partial charge in [-0.3, -0.25) is 9.59 Å². The number of aryl methyl sites for hydroxylation is 2. The Labute approximate surface area is 157 Å². The van der Waals surface area contributed by atoms with Crippen LogP contribution in [0.15, 0.2) is 28.8 Å². The Kier molecular flexibility index (Phi) is 6.05. The van der Waals surface area contributed by atoms with Crippen LogP contribution in [0.4, 0.5) is 0 Å². The monoisotopic (exact) mass is 372 g/mol. The van der Waals surface area contributed by atoms with E-state index in [0.717, 1.165) is 11.3 Å². The summed E-state index contributed by atoms with van der Waals surface area (Å²) in [4.78, 5) is 30.4. The Morgan fingerprint density at radius 2 is 2.15 bits per heavy atom. The van der Waals surface area contributed by atoms with Gasteiger partial charge in [-0.15, -0.1) is 0 Å². The highest BCUT2D eigenvalue weighted by Gasteiger charge is 2.34. The fourth-order valence-electron chi connectivity index (χ4n) is 3.09. The second kappa shape index (κ2) is 8.66. The van der Waals surface area contributed by atoms with Crippen molar-refractivity contribution in [3.8, 4) is 5.75 Å².